The summed E-state index contributed by atoms with van der Waals surface area (Å²) in [6.07, 6.45) is 24.6. The Morgan fingerprint density at radius 1 is 0.867 bits per heavy atom. The molecule has 0 aromatic heterocycles. The summed E-state index contributed by atoms with van der Waals surface area (Å²) in [4.78, 5) is 12.2. The molecule has 0 saturated carbocycles. The van der Waals surface area contributed by atoms with E-state index in [-0.39, 0.29) is 0 Å². The van der Waals surface area contributed by atoms with Gasteiger partial charge in [-0.3, -0.25) is 4.79 Å². The molecule has 0 amide bonds. The summed E-state index contributed by atoms with van der Waals surface area (Å²) in [5.74, 6) is 2.24. The van der Waals surface area contributed by atoms with Crippen molar-refractivity contribution in [1.29, 1.82) is 0 Å². The molecule has 0 bridgehead atoms. The van der Waals surface area contributed by atoms with E-state index in [1.54, 1.807) is 0 Å². The van der Waals surface area contributed by atoms with Gasteiger partial charge in [-0.15, -0.1) is 0 Å². The summed E-state index contributed by atoms with van der Waals surface area (Å²) >= 11 is 0. The fourth-order valence-electron chi connectivity index (χ4n) is 4.64. The number of ketones is 1. The number of hydrogen-bond acceptors (Lipinski definition) is 2. The molecule has 0 N–H and O–H groups in total. The van der Waals surface area contributed by atoms with E-state index < -0.39 is 0 Å². The number of carbonyl (C=O) groups excluding carboxylic acids is 1. The van der Waals surface area contributed by atoms with Gasteiger partial charge in [0.1, 0.15) is 5.78 Å². The lowest BCUT2D eigenvalue weighted by Gasteiger charge is -2.23. The Bertz CT molecular complexity index is 442. The van der Waals surface area contributed by atoms with Crippen LogP contribution >= 0.6 is 0 Å². The van der Waals surface area contributed by atoms with E-state index in [1.165, 1.54) is 77.0 Å². The van der Waals surface area contributed by atoms with E-state index in [0.717, 1.165) is 32.3 Å². The predicted molar refractivity (Wildman–Crippen MR) is 131 cm³/mol. The molecule has 0 aromatic rings. The highest BCUT2D eigenvalue weighted by molar-refractivity contribution is 5.78. The highest BCUT2D eigenvalue weighted by Gasteiger charge is 2.34. The summed E-state index contributed by atoms with van der Waals surface area (Å²) in [7, 11) is 0. The Morgan fingerprint density at radius 3 is 2.00 bits per heavy atom. The van der Waals surface area contributed by atoms with Crippen molar-refractivity contribution in [2.45, 2.75) is 137 Å². The van der Waals surface area contributed by atoms with E-state index in [2.05, 4.69) is 39.8 Å². The van der Waals surface area contributed by atoms with E-state index in [1.807, 2.05) is 0 Å². The summed E-state index contributed by atoms with van der Waals surface area (Å²) < 4.78 is 5.95. The first-order valence-electron chi connectivity index (χ1n) is 13.3. The molecule has 2 nitrogen and oxygen atoms in total. The smallest absolute Gasteiger partial charge is 0.132 e. The third kappa shape index (κ3) is 12.9. The summed E-state index contributed by atoms with van der Waals surface area (Å²) in [6, 6.07) is 0. The second-order valence-electron chi connectivity index (χ2n) is 10.0. The van der Waals surface area contributed by atoms with Crippen molar-refractivity contribution in [3.8, 4) is 0 Å². The van der Waals surface area contributed by atoms with Crippen LogP contribution in [-0.4, -0.2) is 18.5 Å². The molecule has 4 atom stereocenters. The number of Topliss-reactive ketones (excluding diaryl/α,β-unsaturated/α-hetero) is 1. The minimum absolute atomic E-state index is 0.354. The fraction of sp³-hybridized carbons (Fsp3) is 0.893. The van der Waals surface area contributed by atoms with E-state index in [4.69, 9.17) is 4.74 Å². The van der Waals surface area contributed by atoms with Crippen LogP contribution in [0.25, 0.3) is 0 Å². The Hall–Kier alpha value is -0.630. The lowest BCUT2D eigenvalue weighted by Crippen LogP contribution is -2.24. The summed E-state index contributed by atoms with van der Waals surface area (Å²) in [5, 5.41) is 0. The molecular weight excluding hydrogens is 368 g/mol. The van der Waals surface area contributed by atoms with Gasteiger partial charge in [0.15, 0.2) is 0 Å². The zero-order valence-electron chi connectivity index (χ0n) is 20.8. The number of allylic oxidation sites excluding steroid dienone is 2. The minimum atomic E-state index is 0.354. The Morgan fingerprint density at radius 2 is 1.43 bits per heavy atom. The lowest BCUT2D eigenvalue weighted by molar-refractivity contribution is -0.119. The Kier molecular flexibility index (Phi) is 16.4. The van der Waals surface area contributed by atoms with Crippen LogP contribution in [0.3, 0.4) is 0 Å². The fourth-order valence-corrected chi connectivity index (χ4v) is 4.64. The standard InChI is InChI=1S/C28H52O2/c1-5-6-7-8-9-10-11-12-13-14-15-16-17-18-19-20-27(29)22-21-24(2)28-26(4)25(3)23-30-28/h12-13,24-26,28H,5-11,14-23H2,1-4H3. The van der Waals surface area contributed by atoms with Crippen LogP contribution in [0.4, 0.5) is 0 Å². The van der Waals surface area contributed by atoms with Crippen LogP contribution in [0, 0.1) is 17.8 Å². The van der Waals surface area contributed by atoms with Crippen LogP contribution in [-0.2, 0) is 9.53 Å². The molecule has 1 rings (SSSR count). The minimum Gasteiger partial charge on any atom is -0.377 e. The monoisotopic (exact) mass is 420 g/mol. The SMILES string of the molecule is CCCCCCCCC=CCCCCCCCC(=O)CCC(C)C1OCC(C)C1C. The predicted octanol–water partition coefficient (Wildman–Crippen LogP) is 8.68. The number of carbonyl (C=O) groups is 1. The molecule has 176 valence electrons. The van der Waals surface area contributed by atoms with Crippen molar-refractivity contribution in [3.05, 3.63) is 12.2 Å². The van der Waals surface area contributed by atoms with Gasteiger partial charge in [0.2, 0.25) is 0 Å². The van der Waals surface area contributed by atoms with Crippen molar-refractivity contribution < 1.29 is 9.53 Å². The second kappa shape index (κ2) is 18.0. The van der Waals surface area contributed by atoms with Crippen LogP contribution in [0.15, 0.2) is 12.2 Å². The van der Waals surface area contributed by atoms with Gasteiger partial charge < -0.3 is 4.74 Å². The first-order valence-corrected chi connectivity index (χ1v) is 13.3. The first kappa shape index (κ1) is 27.4. The van der Waals surface area contributed by atoms with Gasteiger partial charge in [-0.25, -0.2) is 0 Å². The molecule has 0 aliphatic carbocycles. The van der Waals surface area contributed by atoms with E-state index in [9.17, 15) is 4.79 Å². The average molecular weight is 421 g/mol. The second-order valence-corrected chi connectivity index (χ2v) is 10.0. The zero-order chi connectivity index (χ0) is 22.0. The maximum absolute atomic E-state index is 12.2. The number of hydrogen-bond donors (Lipinski definition) is 0. The van der Waals surface area contributed by atoms with Crippen LogP contribution in [0.5, 0.6) is 0 Å². The molecule has 1 fully saturated rings. The van der Waals surface area contributed by atoms with Gasteiger partial charge in [-0.2, -0.15) is 0 Å². The van der Waals surface area contributed by atoms with Gasteiger partial charge in [-0.1, -0.05) is 91.2 Å². The van der Waals surface area contributed by atoms with Gasteiger partial charge in [-0.05, 0) is 56.3 Å². The maximum Gasteiger partial charge on any atom is 0.132 e. The largest absolute Gasteiger partial charge is 0.377 e. The highest BCUT2D eigenvalue weighted by Crippen LogP contribution is 2.32. The lowest BCUT2D eigenvalue weighted by atomic mass is 9.85. The Balaban J connectivity index is 1.87. The van der Waals surface area contributed by atoms with Crippen molar-refractivity contribution in [2.24, 2.45) is 17.8 Å². The van der Waals surface area contributed by atoms with Gasteiger partial charge in [0.05, 0.1) is 6.10 Å². The number of ether oxygens (including phenoxy) is 1. The summed E-state index contributed by atoms with van der Waals surface area (Å²) in [6.45, 7) is 9.99. The molecule has 30 heavy (non-hydrogen) atoms. The highest BCUT2D eigenvalue weighted by atomic mass is 16.5. The molecule has 1 saturated heterocycles. The molecule has 1 aliphatic rings. The zero-order valence-corrected chi connectivity index (χ0v) is 20.8. The quantitative estimate of drug-likeness (QED) is 0.154. The van der Waals surface area contributed by atoms with Gasteiger partial charge in [0, 0.05) is 19.4 Å². The van der Waals surface area contributed by atoms with Crippen molar-refractivity contribution in [2.75, 3.05) is 6.61 Å². The molecule has 0 radical (unpaired) electrons. The maximum atomic E-state index is 12.2. The molecule has 0 aromatic carbocycles. The molecule has 0 spiro atoms. The van der Waals surface area contributed by atoms with Crippen LogP contribution in [0.1, 0.15) is 130 Å². The van der Waals surface area contributed by atoms with E-state index >= 15 is 0 Å². The average Bonchev–Trinajstić information content (AvgIpc) is 3.07. The first-order chi connectivity index (χ1) is 14.6. The molecule has 4 unspecified atom stereocenters. The van der Waals surface area contributed by atoms with Gasteiger partial charge >= 0.3 is 0 Å². The Labute approximate surface area is 188 Å². The summed E-state index contributed by atoms with van der Waals surface area (Å²) in [5.41, 5.74) is 0. The van der Waals surface area contributed by atoms with Gasteiger partial charge in [0.25, 0.3) is 0 Å². The third-order valence-corrected chi connectivity index (χ3v) is 7.12. The normalized spacial score (nSPS) is 22.7. The molecular formula is C28H52O2. The number of unbranched alkanes of at least 4 members (excludes halogenated alkanes) is 11. The van der Waals surface area contributed by atoms with Crippen molar-refractivity contribution in [3.63, 3.8) is 0 Å². The van der Waals surface area contributed by atoms with Crippen LogP contribution < -0.4 is 0 Å². The topological polar surface area (TPSA) is 26.3 Å². The van der Waals surface area contributed by atoms with Crippen molar-refractivity contribution in [1.82, 2.24) is 0 Å². The molecule has 1 heterocycles. The number of rotatable bonds is 19. The molecule has 2 heteroatoms. The molecule has 1 aliphatic heterocycles. The third-order valence-electron chi connectivity index (χ3n) is 7.12. The van der Waals surface area contributed by atoms with E-state index in [0.29, 0.717) is 29.6 Å². The van der Waals surface area contributed by atoms with Crippen LogP contribution in [0.2, 0.25) is 0 Å². The van der Waals surface area contributed by atoms with Crippen molar-refractivity contribution >= 4 is 5.78 Å².